The first kappa shape index (κ1) is 12.5. The zero-order valence-electron chi connectivity index (χ0n) is 10.1. The van der Waals surface area contributed by atoms with Crippen molar-refractivity contribution < 1.29 is 4.39 Å². The van der Waals surface area contributed by atoms with Crippen molar-refractivity contribution in [3.63, 3.8) is 0 Å². The molecule has 3 rings (SSSR count). The Morgan fingerprint density at radius 1 is 1.25 bits per heavy atom. The van der Waals surface area contributed by atoms with Crippen molar-refractivity contribution in [2.75, 3.05) is 5.73 Å². The molecule has 0 radical (unpaired) electrons. The number of hydrogen-bond acceptors (Lipinski definition) is 3. The summed E-state index contributed by atoms with van der Waals surface area (Å²) in [4.78, 5) is 4.19. The predicted octanol–water partition coefficient (Wildman–Crippen LogP) is 3.27. The molecule has 0 amide bonds. The molecule has 20 heavy (non-hydrogen) atoms. The first-order valence-corrected chi connectivity index (χ1v) is 6.11. The second-order valence-electron chi connectivity index (χ2n) is 4.22. The lowest BCUT2D eigenvalue weighted by atomic mass is 10.2. The summed E-state index contributed by atoms with van der Waals surface area (Å²) in [7, 11) is 0. The quantitative estimate of drug-likeness (QED) is 0.746. The minimum Gasteiger partial charge on any atom is -0.369 e. The van der Waals surface area contributed by atoms with Gasteiger partial charge in [0, 0.05) is 0 Å². The summed E-state index contributed by atoms with van der Waals surface area (Å²) in [6.07, 6.45) is 0. The van der Waals surface area contributed by atoms with Gasteiger partial charge in [0.25, 0.3) is 0 Å². The first-order chi connectivity index (χ1) is 9.60. The van der Waals surface area contributed by atoms with Crippen molar-refractivity contribution in [1.29, 1.82) is 5.26 Å². The third-order valence-corrected chi connectivity index (χ3v) is 3.28. The van der Waals surface area contributed by atoms with Crippen LogP contribution in [0.1, 0.15) is 5.56 Å². The molecule has 4 nitrogen and oxygen atoms in total. The van der Waals surface area contributed by atoms with Crippen molar-refractivity contribution in [3.8, 4) is 11.8 Å². The Morgan fingerprint density at radius 3 is 2.75 bits per heavy atom. The molecule has 0 bridgehead atoms. The number of halogens is 2. The fraction of sp³-hybridized carbons (Fsp3) is 0. The lowest BCUT2D eigenvalue weighted by molar-refractivity contribution is 0.627. The number of imidazole rings is 1. The summed E-state index contributed by atoms with van der Waals surface area (Å²) >= 11 is 5.67. The summed E-state index contributed by atoms with van der Waals surface area (Å²) in [5.41, 5.74) is 8.14. The molecule has 0 spiro atoms. The zero-order valence-corrected chi connectivity index (χ0v) is 10.9. The van der Waals surface area contributed by atoms with E-state index in [4.69, 9.17) is 22.6 Å². The van der Waals surface area contributed by atoms with E-state index in [0.29, 0.717) is 22.3 Å². The molecule has 98 valence electrons. The number of aromatic nitrogens is 2. The molecule has 1 heterocycles. The van der Waals surface area contributed by atoms with E-state index in [2.05, 4.69) is 11.1 Å². The smallest absolute Gasteiger partial charge is 0.205 e. The van der Waals surface area contributed by atoms with Crippen molar-refractivity contribution >= 4 is 28.6 Å². The third kappa shape index (κ3) is 1.87. The molecule has 0 unspecified atom stereocenters. The summed E-state index contributed by atoms with van der Waals surface area (Å²) in [5, 5.41) is 8.99. The molecule has 0 fully saturated rings. The number of nitrogen functional groups attached to an aromatic ring is 1. The average molecular weight is 287 g/mol. The number of benzene rings is 2. The van der Waals surface area contributed by atoms with Gasteiger partial charge in [0.2, 0.25) is 5.95 Å². The van der Waals surface area contributed by atoms with Crippen LogP contribution in [0.25, 0.3) is 16.7 Å². The van der Waals surface area contributed by atoms with E-state index in [1.807, 2.05) is 0 Å². The number of nitrogens with two attached hydrogens (primary N) is 1. The van der Waals surface area contributed by atoms with Gasteiger partial charge in [0.15, 0.2) is 0 Å². The SMILES string of the molecule is N#Cc1ccc2nc(N)n(-c3ccc(Cl)c(F)c3)c2c1. The van der Waals surface area contributed by atoms with Gasteiger partial charge >= 0.3 is 0 Å². The molecule has 0 aliphatic heterocycles. The van der Waals surface area contributed by atoms with E-state index in [9.17, 15) is 4.39 Å². The van der Waals surface area contributed by atoms with Crippen molar-refractivity contribution in [2.45, 2.75) is 0 Å². The van der Waals surface area contributed by atoms with Crippen molar-refractivity contribution in [3.05, 3.63) is 52.8 Å². The van der Waals surface area contributed by atoms with Gasteiger partial charge in [-0.1, -0.05) is 11.6 Å². The van der Waals surface area contributed by atoms with Gasteiger partial charge < -0.3 is 5.73 Å². The molecule has 3 aromatic rings. The molecule has 0 aliphatic carbocycles. The van der Waals surface area contributed by atoms with Gasteiger partial charge in [-0.05, 0) is 36.4 Å². The standard InChI is InChI=1S/C14H8ClFN4/c15-10-3-2-9(6-11(10)16)20-13-5-8(7-17)1-4-12(13)19-14(20)18/h1-6H,(H2,18,19). The fourth-order valence-corrected chi connectivity index (χ4v) is 2.18. The lowest BCUT2D eigenvalue weighted by Gasteiger charge is -2.07. The number of hydrogen-bond donors (Lipinski definition) is 1. The van der Waals surface area contributed by atoms with Crippen molar-refractivity contribution in [1.82, 2.24) is 9.55 Å². The molecular weight excluding hydrogens is 279 g/mol. The first-order valence-electron chi connectivity index (χ1n) is 5.73. The highest BCUT2D eigenvalue weighted by Gasteiger charge is 2.12. The van der Waals surface area contributed by atoms with Crippen LogP contribution in [-0.4, -0.2) is 9.55 Å². The van der Waals surface area contributed by atoms with E-state index < -0.39 is 5.82 Å². The molecule has 0 aliphatic rings. The highest BCUT2D eigenvalue weighted by Crippen LogP contribution is 2.26. The Hall–Kier alpha value is -2.58. The Labute approximate surface area is 118 Å². The number of nitrogens with zero attached hydrogens (tertiary/aromatic N) is 3. The van der Waals surface area contributed by atoms with Crippen LogP contribution in [0.5, 0.6) is 0 Å². The van der Waals surface area contributed by atoms with E-state index in [1.165, 1.54) is 12.1 Å². The van der Waals surface area contributed by atoms with Crippen molar-refractivity contribution in [2.24, 2.45) is 0 Å². The maximum atomic E-state index is 13.6. The maximum Gasteiger partial charge on any atom is 0.205 e. The Balaban J connectivity index is 2.32. The number of fused-ring (bicyclic) bond motifs is 1. The Morgan fingerprint density at radius 2 is 2.05 bits per heavy atom. The van der Waals surface area contributed by atoms with Crippen LogP contribution < -0.4 is 5.73 Å². The maximum absolute atomic E-state index is 13.6. The molecule has 1 aromatic heterocycles. The third-order valence-electron chi connectivity index (χ3n) is 2.97. The molecule has 6 heteroatoms. The second kappa shape index (κ2) is 4.51. The van der Waals surface area contributed by atoms with Crippen LogP contribution in [0.15, 0.2) is 36.4 Å². The average Bonchev–Trinajstić information content (AvgIpc) is 2.77. The van der Waals surface area contributed by atoms with Gasteiger partial charge in [0.05, 0.1) is 33.4 Å². The summed E-state index contributed by atoms with van der Waals surface area (Å²) in [6, 6.07) is 11.4. The zero-order chi connectivity index (χ0) is 14.3. The van der Waals surface area contributed by atoms with Crippen LogP contribution >= 0.6 is 11.6 Å². The van der Waals surface area contributed by atoms with Crippen LogP contribution in [0.2, 0.25) is 5.02 Å². The van der Waals surface area contributed by atoms with Crippen LogP contribution in [0.3, 0.4) is 0 Å². The summed E-state index contributed by atoms with van der Waals surface area (Å²) < 4.78 is 15.2. The molecule has 2 N–H and O–H groups in total. The molecule has 0 atom stereocenters. The largest absolute Gasteiger partial charge is 0.369 e. The van der Waals surface area contributed by atoms with E-state index in [1.54, 1.807) is 28.8 Å². The van der Waals surface area contributed by atoms with Gasteiger partial charge in [-0.2, -0.15) is 5.26 Å². The predicted molar refractivity (Wildman–Crippen MR) is 75.2 cm³/mol. The molecular formula is C14H8ClFN4. The topological polar surface area (TPSA) is 67.6 Å². The molecule has 0 saturated heterocycles. The molecule has 0 saturated carbocycles. The highest BCUT2D eigenvalue weighted by molar-refractivity contribution is 6.30. The number of rotatable bonds is 1. The highest BCUT2D eigenvalue weighted by atomic mass is 35.5. The minimum absolute atomic E-state index is 0.0365. The van der Waals surface area contributed by atoms with Crippen LogP contribution in [-0.2, 0) is 0 Å². The van der Waals surface area contributed by atoms with Gasteiger partial charge in [0.1, 0.15) is 5.82 Å². The monoisotopic (exact) mass is 286 g/mol. The van der Waals surface area contributed by atoms with E-state index in [0.717, 1.165) is 0 Å². The van der Waals surface area contributed by atoms with Gasteiger partial charge in [-0.25, -0.2) is 9.37 Å². The molecule has 2 aromatic carbocycles. The van der Waals surface area contributed by atoms with Gasteiger partial charge in [-0.15, -0.1) is 0 Å². The second-order valence-corrected chi connectivity index (χ2v) is 4.63. The van der Waals surface area contributed by atoms with Crippen LogP contribution in [0, 0.1) is 17.1 Å². The van der Waals surface area contributed by atoms with E-state index >= 15 is 0 Å². The van der Waals surface area contributed by atoms with Crippen LogP contribution in [0.4, 0.5) is 10.3 Å². The van der Waals surface area contributed by atoms with Gasteiger partial charge in [-0.3, -0.25) is 4.57 Å². The normalized spacial score (nSPS) is 10.7. The summed E-state index contributed by atoms with van der Waals surface area (Å²) in [5.74, 6) is -0.321. The Bertz CT molecular complexity index is 863. The van der Waals surface area contributed by atoms with E-state index in [-0.39, 0.29) is 11.0 Å². The fourth-order valence-electron chi connectivity index (χ4n) is 2.06. The Kier molecular flexibility index (Phi) is 2.81. The number of anilines is 1. The minimum atomic E-state index is -0.540. The number of nitriles is 1. The lowest BCUT2D eigenvalue weighted by Crippen LogP contribution is -2.01. The summed E-state index contributed by atoms with van der Waals surface area (Å²) in [6.45, 7) is 0.